The maximum absolute atomic E-state index is 10.6. The van der Waals surface area contributed by atoms with E-state index in [2.05, 4.69) is 10.2 Å². The monoisotopic (exact) mass is 196 g/mol. The second-order valence-corrected chi connectivity index (χ2v) is 3.54. The van der Waals surface area contributed by atoms with Gasteiger partial charge in [0.05, 0.1) is 0 Å². The summed E-state index contributed by atoms with van der Waals surface area (Å²) in [5.74, 6) is 0.391. The molecule has 1 amide bonds. The molecule has 0 bridgehead atoms. The van der Waals surface area contributed by atoms with Crippen LogP contribution in [0.3, 0.4) is 0 Å². The summed E-state index contributed by atoms with van der Waals surface area (Å²) >= 11 is 0. The van der Waals surface area contributed by atoms with Crippen LogP contribution >= 0.6 is 0 Å². The largest absolute Gasteiger partial charge is 0.465 e. The van der Waals surface area contributed by atoms with Crippen LogP contribution in [0, 0.1) is 5.92 Å². The van der Waals surface area contributed by atoms with Gasteiger partial charge in [-0.3, -0.25) is 0 Å². The predicted octanol–water partition coefficient (Wildman–Crippen LogP) is 0.278. The van der Waals surface area contributed by atoms with Gasteiger partial charge in [-0.15, -0.1) is 10.2 Å². The normalized spacial score (nSPS) is 21.4. The van der Waals surface area contributed by atoms with Crippen molar-refractivity contribution in [2.75, 3.05) is 13.1 Å². The summed E-state index contributed by atoms with van der Waals surface area (Å²) in [5.41, 5.74) is 0. The van der Waals surface area contributed by atoms with Crippen molar-refractivity contribution in [3.8, 4) is 0 Å². The van der Waals surface area contributed by atoms with Gasteiger partial charge in [-0.1, -0.05) is 0 Å². The SMILES string of the molecule is O=C(O)N1CCC(Cn2cnnc2)C1. The molecule has 1 saturated heterocycles. The third-order valence-corrected chi connectivity index (χ3v) is 2.49. The Kier molecular flexibility index (Phi) is 2.34. The Morgan fingerprint density at radius 1 is 1.50 bits per heavy atom. The molecule has 1 atom stereocenters. The summed E-state index contributed by atoms with van der Waals surface area (Å²) < 4.78 is 1.88. The second-order valence-electron chi connectivity index (χ2n) is 3.54. The standard InChI is InChI=1S/C8H12N4O2/c13-8(14)12-2-1-7(4-12)3-11-5-9-10-6-11/h5-7H,1-4H2,(H,13,14). The lowest BCUT2D eigenvalue weighted by molar-refractivity contribution is 0.153. The summed E-state index contributed by atoms with van der Waals surface area (Å²) in [6.07, 6.45) is 3.41. The van der Waals surface area contributed by atoms with Crippen molar-refractivity contribution in [1.29, 1.82) is 0 Å². The van der Waals surface area contributed by atoms with Crippen LogP contribution in [-0.4, -0.2) is 44.0 Å². The van der Waals surface area contributed by atoms with E-state index in [0.717, 1.165) is 13.0 Å². The molecule has 0 spiro atoms. The minimum Gasteiger partial charge on any atom is -0.465 e. The number of amides is 1. The first-order valence-corrected chi connectivity index (χ1v) is 4.56. The van der Waals surface area contributed by atoms with Gasteiger partial charge in [0.1, 0.15) is 12.7 Å². The molecule has 1 fully saturated rings. The van der Waals surface area contributed by atoms with E-state index in [-0.39, 0.29) is 0 Å². The maximum Gasteiger partial charge on any atom is 0.407 e. The molecule has 6 heteroatoms. The molecule has 76 valence electrons. The Morgan fingerprint density at radius 3 is 2.79 bits per heavy atom. The van der Waals surface area contributed by atoms with Crippen LogP contribution in [0.15, 0.2) is 12.7 Å². The lowest BCUT2D eigenvalue weighted by Crippen LogP contribution is -2.27. The smallest absolute Gasteiger partial charge is 0.407 e. The predicted molar refractivity (Wildman–Crippen MR) is 47.7 cm³/mol. The fraction of sp³-hybridized carbons (Fsp3) is 0.625. The molecular formula is C8H12N4O2. The van der Waals surface area contributed by atoms with Gasteiger partial charge in [0.2, 0.25) is 0 Å². The van der Waals surface area contributed by atoms with Gasteiger partial charge in [0.15, 0.2) is 0 Å². The summed E-state index contributed by atoms with van der Waals surface area (Å²) in [7, 11) is 0. The number of hydrogen-bond donors (Lipinski definition) is 1. The number of aromatic nitrogens is 3. The maximum atomic E-state index is 10.6. The minimum atomic E-state index is -0.823. The molecule has 0 radical (unpaired) electrons. The Morgan fingerprint density at radius 2 is 2.21 bits per heavy atom. The van der Waals surface area contributed by atoms with Crippen molar-refractivity contribution >= 4 is 6.09 Å². The van der Waals surface area contributed by atoms with Gasteiger partial charge in [0, 0.05) is 19.6 Å². The summed E-state index contributed by atoms with van der Waals surface area (Å²) in [6, 6.07) is 0. The number of carbonyl (C=O) groups is 1. The van der Waals surface area contributed by atoms with E-state index in [0.29, 0.717) is 19.0 Å². The number of rotatable bonds is 2. The topological polar surface area (TPSA) is 71.2 Å². The van der Waals surface area contributed by atoms with E-state index < -0.39 is 6.09 Å². The number of likely N-dealkylation sites (tertiary alicyclic amines) is 1. The third-order valence-electron chi connectivity index (χ3n) is 2.49. The van der Waals surface area contributed by atoms with Crippen LogP contribution in [0.2, 0.25) is 0 Å². The van der Waals surface area contributed by atoms with Crippen LogP contribution in [0.1, 0.15) is 6.42 Å². The Hall–Kier alpha value is -1.59. The van der Waals surface area contributed by atoms with Gasteiger partial charge in [0.25, 0.3) is 0 Å². The zero-order valence-corrected chi connectivity index (χ0v) is 7.70. The van der Waals surface area contributed by atoms with Gasteiger partial charge < -0.3 is 14.6 Å². The molecule has 1 aromatic rings. The molecule has 1 N–H and O–H groups in total. The van der Waals surface area contributed by atoms with Crippen LogP contribution in [-0.2, 0) is 6.54 Å². The van der Waals surface area contributed by atoms with Crippen molar-refractivity contribution in [3.63, 3.8) is 0 Å². The fourth-order valence-corrected chi connectivity index (χ4v) is 1.77. The lowest BCUT2D eigenvalue weighted by Gasteiger charge is -2.12. The molecule has 1 aliphatic rings. The molecule has 14 heavy (non-hydrogen) atoms. The average molecular weight is 196 g/mol. The number of hydrogen-bond acceptors (Lipinski definition) is 3. The molecule has 2 rings (SSSR count). The van der Waals surface area contributed by atoms with E-state index in [9.17, 15) is 4.79 Å². The van der Waals surface area contributed by atoms with Crippen LogP contribution in [0.5, 0.6) is 0 Å². The van der Waals surface area contributed by atoms with Crippen molar-refractivity contribution in [2.45, 2.75) is 13.0 Å². The Labute approximate surface area is 81.2 Å². The first-order chi connectivity index (χ1) is 6.75. The zero-order chi connectivity index (χ0) is 9.97. The zero-order valence-electron chi connectivity index (χ0n) is 7.70. The molecule has 2 heterocycles. The van der Waals surface area contributed by atoms with Crippen molar-refractivity contribution in [1.82, 2.24) is 19.7 Å². The Bertz CT molecular complexity index is 311. The highest BCUT2D eigenvalue weighted by molar-refractivity contribution is 5.65. The van der Waals surface area contributed by atoms with Gasteiger partial charge in [-0.05, 0) is 12.3 Å². The molecule has 0 aromatic carbocycles. The molecular weight excluding hydrogens is 184 g/mol. The van der Waals surface area contributed by atoms with E-state index in [4.69, 9.17) is 5.11 Å². The highest BCUT2D eigenvalue weighted by Crippen LogP contribution is 2.17. The van der Waals surface area contributed by atoms with Crippen molar-refractivity contribution < 1.29 is 9.90 Å². The minimum absolute atomic E-state index is 0.391. The fourth-order valence-electron chi connectivity index (χ4n) is 1.77. The van der Waals surface area contributed by atoms with Crippen LogP contribution in [0.25, 0.3) is 0 Å². The number of carboxylic acid groups (broad SMARTS) is 1. The molecule has 0 saturated carbocycles. The highest BCUT2D eigenvalue weighted by atomic mass is 16.4. The van der Waals surface area contributed by atoms with Crippen LogP contribution in [0.4, 0.5) is 4.79 Å². The summed E-state index contributed by atoms with van der Waals surface area (Å²) in [5, 5.41) is 16.2. The van der Waals surface area contributed by atoms with E-state index >= 15 is 0 Å². The lowest BCUT2D eigenvalue weighted by atomic mass is 10.1. The van der Waals surface area contributed by atoms with E-state index in [1.165, 1.54) is 4.90 Å². The molecule has 0 aliphatic carbocycles. The highest BCUT2D eigenvalue weighted by Gasteiger charge is 2.25. The summed E-state index contributed by atoms with van der Waals surface area (Å²) in [6.45, 7) is 2.06. The summed E-state index contributed by atoms with van der Waals surface area (Å²) in [4.78, 5) is 12.1. The van der Waals surface area contributed by atoms with Gasteiger partial charge >= 0.3 is 6.09 Å². The third kappa shape index (κ3) is 1.84. The number of nitrogens with zero attached hydrogens (tertiary/aromatic N) is 4. The second kappa shape index (κ2) is 3.65. The Balaban J connectivity index is 1.87. The van der Waals surface area contributed by atoms with Gasteiger partial charge in [-0.2, -0.15) is 0 Å². The first-order valence-electron chi connectivity index (χ1n) is 4.56. The molecule has 1 aromatic heterocycles. The molecule has 1 aliphatic heterocycles. The van der Waals surface area contributed by atoms with E-state index in [1.807, 2.05) is 4.57 Å². The molecule has 1 unspecified atom stereocenters. The van der Waals surface area contributed by atoms with Crippen LogP contribution < -0.4 is 0 Å². The van der Waals surface area contributed by atoms with Crippen molar-refractivity contribution in [3.05, 3.63) is 12.7 Å². The average Bonchev–Trinajstić information content (AvgIpc) is 2.75. The quantitative estimate of drug-likeness (QED) is 0.737. The first kappa shape index (κ1) is 8.98. The van der Waals surface area contributed by atoms with Gasteiger partial charge in [-0.25, -0.2) is 4.79 Å². The molecule has 6 nitrogen and oxygen atoms in total. The van der Waals surface area contributed by atoms with Crippen molar-refractivity contribution in [2.24, 2.45) is 5.92 Å². The van der Waals surface area contributed by atoms with E-state index in [1.54, 1.807) is 12.7 Å².